The van der Waals surface area contributed by atoms with Crippen molar-refractivity contribution in [3.8, 4) is 11.1 Å². The van der Waals surface area contributed by atoms with Crippen molar-refractivity contribution in [1.82, 2.24) is 20.0 Å². The van der Waals surface area contributed by atoms with Gasteiger partial charge in [0.25, 0.3) is 0 Å². The molecule has 39 heavy (non-hydrogen) atoms. The highest BCUT2D eigenvalue weighted by Gasteiger charge is 2.51. The van der Waals surface area contributed by atoms with E-state index in [4.69, 9.17) is 4.98 Å². The van der Waals surface area contributed by atoms with Crippen molar-refractivity contribution >= 4 is 57.9 Å². The van der Waals surface area contributed by atoms with Crippen LogP contribution in [0.5, 0.6) is 0 Å². The summed E-state index contributed by atoms with van der Waals surface area (Å²) in [6, 6.07) is 24.7. The first-order chi connectivity index (χ1) is 19.1. The molecule has 0 radical (unpaired) electrons. The van der Waals surface area contributed by atoms with Gasteiger partial charge in [-0.05, 0) is 94.8 Å². The number of halogens is 1. The fourth-order valence-electron chi connectivity index (χ4n) is 4.80. The molecule has 2 heterocycles. The van der Waals surface area contributed by atoms with Gasteiger partial charge in [0.05, 0.1) is 5.41 Å². The Bertz CT molecular complexity index is 1490. The largest absolute Gasteiger partial charge is 0.369 e. The molecule has 1 aliphatic heterocycles. The van der Waals surface area contributed by atoms with E-state index in [0.717, 1.165) is 74.6 Å². The van der Waals surface area contributed by atoms with Crippen LogP contribution >= 0.6 is 34.5 Å². The van der Waals surface area contributed by atoms with Gasteiger partial charge in [-0.1, -0.05) is 48.5 Å². The van der Waals surface area contributed by atoms with Gasteiger partial charge in [0, 0.05) is 45.5 Å². The Morgan fingerprint density at radius 3 is 2.69 bits per heavy atom. The second kappa shape index (κ2) is 11.5. The first-order valence-electron chi connectivity index (χ1n) is 13.1. The van der Waals surface area contributed by atoms with E-state index in [9.17, 15) is 4.79 Å². The average Bonchev–Trinajstić information content (AvgIpc) is 3.76. The van der Waals surface area contributed by atoms with E-state index in [2.05, 4.69) is 96.8 Å². The molecule has 0 unspecified atom stereocenters. The second-order valence-corrected chi connectivity index (χ2v) is 12.0. The van der Waals surface area contributed by atoms with Gasteiger partial charge in [-0.3, -0.25) is 9.52 Å². The van der Waals surface area contributed by atoms with E-state index in [0.29, 0.717) is 12.5 Å². The molecule has 0 spiro atoms. The molecular weight excluding hydrogens is 619 g/mol. The highest BCUT2D eigenvalue weighted by atomic mass is 127. The maximum atomic E-state index is 13.1. The molecule has 1 aliphatic carbocycles. The fraction of sp³-hybridized carbons (Fsp3) is 0.233. The van der Waals surface area contributed by atoms with Crippen LogP contribution in [-0.2, 0) is 16.8 Å². The minimum absolute atomic E-state index is 0.112. The highest BCUT2D eigenvalue weighted by Crippen LogP contribution is 2.49. The third-order valence-electron chi connectivity index (χ3n) is 7.11. The van der Waals surface area contributed by atoms with Crippen LogP contribution in [0.2, 0.25) is 0 Å². The number of benzene rings is 3. The summed E-state index contributed by atoms with van der Waals surface area (Å²) in [6.45, 7) is 2.17. The number of amides is 1. The zero-order chi connectivity index (χ0) is 26.7. The first-order valence-corrected chi connectivity index (χ1v) is 15.0. The molecule has 4 bridgehead atoms. The smallest absolute Gasteiger partial charge is 0.230 e. The molecule has 9 heteroatoms. The molecule has 4 N–H and O–H groups in total. The molecule has 4 aromatic rings. The Morgan fingerprint density at radius 2 is 1.87 bits per heavy atom. The first kappa shape index (κ1) is 26.1. The molecule has 1 amide bonds. The topological polar surface area (TPSA) is 91.0 Å². The lowest BCUT2D eigenvalue weighted by atomic mass is 9.95. The van der Waals surface area contributed by atoms with Crippen LogP contribution in [0.25, 0.3) is 11.1 Å². The van der Waals surface area contributed by atoms with Crippen LogP contribution in [0.15, 0.2) is 83.9 Å². The van der Waals surface area contributed by atoms with Crippen LogP contribution in [-0.4, -0.2) is 29.0 Å². The molecule has 0 atom stereocenters. The predicted molar refractivity (Wildman–Crippen MR) is 166 cm³/mol. The number of hydrogen-bond donors (Lipinski definition) is 4. The van der Waals surface area contributed by atoms with Crippen LogP contribution < -0.4 is 20.7 Å². The summed E-state index contributed by atoms with van der Waals surface area (Å²) in [5, 5.41) is 10.0. The van der Waals surface area contributed by atoms with Crippen molar-refractivity contribution in [2.24, 2.45) is 0 Å². The lowest BCUT2D eigenvalue weighted by molar-refractivity contribution is -0.123. The SMILES string of the molecule is O=C(NCc1ccc(-c2cnc3nc2NCCCNSc2cccc(c2)N3)cc1)C1(c2ccccc2I)CC1. The number of aromatic nitrogens is 2. The maximum absolute atomic E-state index is 13.1. The van der Waals surface area contributed by atoms with Crippen LogP contribution in [0, 0.1) is 3.57 Å². The van der Waals surface area contributed by atoms with Crippen molar-refractivity contribution in [2.45, 2.75) is 36.1 Å². The third kappa shape index (κ3) is 5.90. The van der Waals surface area contributed by atoms with Gasteiger partial charge in [-0.25, -0.2) is 4.98 Å². The van der Waals surface area contributed by atoms with E-state index in [1.54, 1.807) is 11.9 Å². The number of nitrogens with one attached hydrogen (secondary N) is 4. The van der Waals surface area contributed by atoms with Crippen molar-refractivity contribution < 1.29 is 4.79 Å². The number of rotatable bonds is 5. The zero-order valence-electron chi connectivity index (χ0n) is 21.3. The molecule has 1 aromatic heterocycles. The Kier molecular flexibility index (Phi) is 7.71. The molecule has 6 rings (SSSR count). The molecular formula is C30H29IN6OS. The molecule has 2 aliphatic rings. The summed E-state index contributed by atoms with van der Waals surface area (Å²) in [4.78, 5) is 23.7. The van der Waals surface area contributed by atoms with Crippen molar-refractivity contribution in [3.05, 3.63) is 93.7 Å². The summed E-state index contributed by atoms with van der Waals surface area (Å²) in [5.74, 6) is 1.46. The Hall–Kier alpha value is -3.15. The van der Waals surface area contributed by atoms with Crippen molar-refractivity contribution in [3.63, 3.8) is 0 Å². The third-order valence-corrected chi connectivity index (χ3v) is 8.89. The molecule has 7 nitrogen and oxygen atoms in total. The van der Waals surface area contributed by atoms with Gasteiger partial charge in [0.2, 0.25) is 11.9 Å². The van der Waals surface area contributed by atoms with Gasteiger partial charge in [0.1, 0.15) is 5.82 Å². The Labute approximate surface area is 246 Å². The van der Waals surface area contributed by atoms with Gasteiger partial charge in [-0.2, -0.15) is 4.98 Å². The minimum atomic E-state index is -0.375. The minimum Gasteiger partial charge on any atom is -0.369 e. The lowest BCUT2D eigenvalue weighted by Gasteiger charge is -2.17. The molecule has 0 saturated heterocycles. The average molecular weight is 649 g/mol. The van der Waals surface area contributed by atoms with Crippen LogP contribution in [0.3, 0.4) is 0 Å². The van der Waals surface area contributed by atoms with E-state index >= 15 is 0 Å². The number of nitrogens with zero attached hydrogens (tertiary/aromatic N) is 2. The van der Waals surface area contributed by atoms with Gasteiger partial charge >= 0.3 is 0 Å². The van der Waals surface area contributed by atoms with Gasteiger partial charge in [-0.15, -0.1) is 0 Å². The summed E-state index contributed by atoms with van der Waals surface area (Å²) < 4.78 is 4.57. The van der Waals surface area contributed by atoms with E-state index in [1.807, 2.05) is 30.5 Å². The van der Waals surface area contributed by atoms with Gasteiger partial charge < -0.3 is 16.0 Å². The molecule has 198 valence electrons. The number of fused-ring (bicyclic) bond motifs is 4. The van der Waals surface area contributed by atoms with Gasteiger partial charge in [0.15, 0.2) is 0 Å². The summed E-state index contributed by atoms with van der Waals surface area (Å²) in [7, 11) is 0. The zero-order valence-corrected chi connectivity index (χ0v) is 24.3. The Balaban J connectivity index is 1.17. The molecule has 1 saturated carbocycles. The standard InChI is InChI=1S/C30H29IN6OS/c31-26-8-2-1-7-25(26)30(13-14-30)28(38)33-18-20-9-11-21(12-10-20)24-19-34-29-36-22-5-3-6-23(17-22)39-35-16-4-15-32-27(24)37-29/h1-3,5-12,17,19,35H,4,13-16,18H2,(H,33,38)(H2,32,34,36,37). The second-order valence-electron chi connectivity index (χ2n) is 9.83. The van der Waals surface area contributed by atoms with Crippen LogP contribution in [0.4, 0.5) is 17.5 Å². The fourth-order valence-corrected chi connectivity index (χ4v) is 6.45. The summed E-state index contributed by atoms with van der Waals surface area (Å²) in [5.41, 5.74) is 4.73. The number of anilines is 3. The predicted octanol–water partition coefficient (Wildman–Crippen LogP) is 6.25. The number of carbonyl (C=O) groups excluding carboxylic acids is 1. The van der Waals surface area contributed by atoms with E-state index < -0.39 is 0 Å². The molecule has 1 fully saturated rings. The monoisotopic (exact) mass is 648 g/mol. The van der Waals surface area contributed by atoms with E-state index in [1.165, 1.54) is 0 Å². The van der Waals surface area contributed by atoms with Crippen molar-refractivity contribution in [2.75, 3.05) is 23.7 Å². The highest BCUT2D eigenvalue weighted by molar-refractivity contribution is 14.1. The van der Waals surface area contributed by atoms with E-state index in [-0.39, 0.29) is 11.3 Å². The lowest BCUT2D eigenvalue weighted by Crippen LogP contribution is -2.34. The number of carbonyl (C=O) groups is 1. The number of hydrogen-bond acceptors (Lipinski definition) is 7. The normalized spacial score (nSPS) is 15.9. The Morgan fingerprint density at radius 1 is 1.03 bits per heavy atom. The molecule has 3 aromatic carbocycles. The summed E-state index contributed by atoms with van der Waals surface area (Å²) in [6.07, 6.45) is 4.63. The maximum Gasteiger partial charge on any atom is 0.230 e. The summed E-state index contributed by atoms with van der Waals surface area (Å²) >= 11 is 3.96. The van der Waals surface area contributed by atoms with Crippen molar-refractivity contribution in [1.29, 1.82) is 0 Å². The quantitative estimate of drug-likeness (QED) is 0.150. The van der Waals surface area contributed by atoms with Crippen LogP contribution in [0.1, 0.15) is 30.4 Å².